The number of aliphatic imine (C=N–C) groups is 1. The predicted molar refractivity (Wildman–Crippen MR) is 141 cm³/mol. The molecule has 2 N–H and O–H groups in total. The van der Waals surface area contributed by atoms with Gasteiger partial charge >= 0.3 is 0 Å². The number of hydrogen-bond donors (Lipinski definition) is 2. The highest BCUT2D eigenvalue weighted by molar-refractivity contribution is 14.0. The summed E-state index contributed by atoms with van der Waals surface area (Å²) in [6, 6.07) is 8.14. The van der Waals surface area contributed by atoms with Crippen molar-refractivity contribution in [1.82, 2.24) is 15.6 Å². The van der Waals surface area contributed by atoms with E-state index in [1.807, 2.05) is 17.0 Å². The van der Waals surface area contributed by atoms with Crippen LogP contribution in [0.15, 0.2) is 34.6 Å². The lowest BCUT2D eigenvalue weighted by atomic mass is 9.93. The standard InChI is InChI=1S/C23H33N5OS.HI/c1-5-24-22(25-13-12-20-27-19(16-30-20)23(2,3)4)26-15-17-8-10-18(11-9-17)28-14-6-7-21(28)29;/h8-11,16H,5-7,12-15H2,1-4H3,(H2,24,25,26);1H. The fourth-order valence-electron chi connectivity index (χ4n) is 3.27. The quantitative estimate of drug-likeness (QED) is 0.300. The maximum Gasteiger partial charge on any atom is 0.227 e. The second-order valence-electron chi connectivity index (χ2n) is 8.56. The molecule has 0 unspecified atom stereocenters. The number of nitrogens with zero attached hydrogens (tertiary/aromatic N) is 3. The number of thiazole rings is 1. The van der Waals surface area contributed by atoms with Crippen LogP contribution >= 0.6 is 35.3 Å². The van der Waals surface area contributed by atoms with E-state index >= 15 is 0 Å². The topological polar surface area (TPSA) is 69.6 Å². The first-order valence-electron chi connectivity index (χ1n) is 10.7. The highest BCUT2D eigenvalue weighted by atomic mass is 127. The maximum atomic E-state index is 11.9. The molecule has 0 aliphatic carbocycles. The monoisotopic (exact) mass is 555 g/mol. The lowest BCUT2D eigenvalue weighted by Crippen LogP contribution is -2.38. The molecule has 2 aromatic rings. The normalized spacial score (nSPS) is 14.5. The molecule has 1 aliphatic heterocycles. The van der Waals surface area contributed by atoms with Gasteiger partial charge < -0.3 is 15.5 Å². The third kappa shape index (κ3) is 7.45. The molecule has 1 aromatic carbocycles. The van der Waals surface area contributed by atoms with Crippen molar-refractivity contribution in [3.63, 3.8) is 0 Å². The van der Waals surface area contributed by atoms with E-state index in [-0.39, 0.29) is 35.3 Å². The van der Waals surface area contributed by atoms with Gasteiger partial charge in [-0.1, -0.05) is 32.9 Å². The molecule has 1 aliphatic rings. The van der Waals surface area contributed by atoms with E-state index < -0.39 is 0 Å². The molecule has 2 heterocycles. The van der Waals surface area contributed by atoms with Crippen LogP contribution in [-0.4, -0.2) is 36.5 Å². The molecule has 3 rings (SSSR count). The number of carbonyl (C=O) groups excluding carboxylic acids is 1. The Hall–Kier alpha value is -1.68. The van der Waals surface area contributed by atoms with Crippen LogP contribution < -0.4 is 15.5 Å². The van der Waals surface area contributed by atoms with Gasteiger partial charge in [0.2, 0.25) is 5.91 Å². The first-order chi connectivity index (χ1) is 14.4. The number of rotatable bonds is 7. The summed E-state index contributed by atoms with van der Waals surface area (Å²) >= 11 is 1.72. The van der Waals surface area contributed by atoms with E-state index in [1.54, 1.807) is 11.3 Å². The van der Waals surface area contributed by atoms with Crippen molar-refractivity contribution in [3.05, 3.63) is 45.9 Å². The van der Waals surface area contributed by atoms with Crippen LogP contribution in [0.2, 0.25) is 0 Å². The molecule has 0 bridgehead atoms. The highest BCUT2D eigenvalue weighted by Crippen LogP contribution is 2.24. The minimum absolute atomic E-state index is 0. The van der Waals surface area contributed by atoms with E-state index in [0.717, 1.165) is 60.4 Å². The van der Waals surface area contributed by atoms with Gasteiger partial charge in [-0.2, -0.15) is 0 Å². The van der Waals surface area contributed by atoms with Crippen molar-refractivity contribution < 1.29 is 4.79 Å². The molecule has 1 saturated heterocycles. The summed E-state index contributed by atoms with van der Waals surface area (Å²) in [6.45, 7) is 11.7. The second-order valence-corrected chi connectivity index (χ2v) is 9.51. The van der Waals surface area contributed by atoms with Crippen LogP contribution in [0.1, 0.15) is 56.8 Å². The first-order valence-corrected chi connectivity index (χ1v) is 11.6. The Kier molecular flexibility index (Phi) is 9.74. The number of nitrogens with one attached hydrogen (secondary N) is 2. The van der Waals surface area contributed by atoms with Gasteiger partial charge in [-0.3, -0.25) is 4.79 Å². The van der Waals surface area contributed by atoms with Crippen LogP contribution in [0.5, 0.6) is 0 Å². The SMILES string of the molecule is CCNC(=NCc1ccc(N2CCCC2=O)cc1)NCCc1nc(C(C)(C)C)cs1.I. The van der Waals surface area contributed by atoms with Crippen LogP contribution in [0, 0.1) is 0 Å². The summed E-state index contributed by atoms with van der Waals surface area (Å²) in [4.78, 5) is 23.2. The Bertz CT molecular complexity index is 873. The predicted octanol–water partition coefficient (Wildman–Crippen LogP) is 4.48. The van der Waals surface area contributed by atoms with Crippen LogP contribution in [-0.2, 0) is 23.2 Å². The maximum absolute atomic E-state index is 11.9. The molecule has 0 spiro atoms. The Labute approximate surface area is 207 Å². The number of amides is 1. The average Bonchev–Trinajstić information content (AvgIpc) is 3.35. The molecule has 170 valence electrons. The largest absolute Gasteiger partial charge is 0.357 e. The molecule has 0 saturated carbocycles. The average molecular weight is 556 g/mol. The molecule has 6 nitrogen and oxygen atoms in total. The van der Waals surface area contributed by atoms with Crippen molar-refractivity contribution in [2.24, 2.45) is 4.99 Å². The van der Waals surface area contributed by atoms with Gasteiger partial charge in [0.05, 0.1) is 17.2 Å². The summed E-state index contributed by atoms with van der Waals surface area (Å²) in [5.41, 5.74) is 3.35. The second kappa shape index (κ2) is 11.8. The zero-order valence-electron chi connectivity index (χ0n) is 18.9. The third-order valence-corrected chi connectivity index (χ3v) is 5.95. The van der Waals surface area contributed by atoms with Crippen molar-refractivity contribution in [2.45, 2.75) is 58.9 Å². The smallest absolute Gasteiger partial charge is 0.227 e. The van der Waals surface area contributed by atoms with E-state index in [0.29, 0.717) is 13.0 Å². The van der Waals surface area contributed by atoms with E-state index in [9.17, 15) is 4.79 Å². The van der Waals surface area contributed by atoms with Gasteiger partial charge in [0, 0.05) is 49.0 Å². The zero-order valence-corrected chi connectivity index (χ0v) is 22.0. The lowest BCUT2D eigenvalue weighted by molar-refractivity contribution is -0.117. The number of halogens is 1. The van der Waals surface area contributed by atoms with E-state index in [2.05, 4.69) is 55.8 Å². The van der Waals surface area contributed by atoms with Crippen molar-refractivity contribution in [3.8, 4) is 0 Å². The van der Waals surface area contributed by atoms with Crippen LogP contribution in [0.25, 0.3) is 0 Å². The molecule has 1 fully saturated rings. The van der Waals surface area contributed by atoms with Crippen molar-refractivity contribution in [2.75, 3.05) is 24.5 Å². The minimum atomic E-state index is 0. The number of anilines is 1. The van der Waals surface area contributed by atoms with Gasteiger partial charge in [-0.15, -0.1) is 35.3 Å². The van der Waals surface area contributed by atoms with Gasteiger partial charge in [-0.05, 0) is 31.0 Å². The Morgan fingerprint density at radius 1 is 1.23 bits per heavy atom. The van der Waals surface area contributed by atoms with Gasteiger partial charge in [0.25, 0.3) is 0 Å². The fourth-order valence-corrected chi connectivity index (χ4v) is 4.30. The summed E-state index contributed by atoms with van der Waals surface area (Å²) in [5.74, 6) is 1.03. The van der Waals surface area contributed by atoms with Crippen molar-refractivity contribution in [1.29, 1.82) is 0 Å². The summed E-state index contributed by atoms with van der Waals surface area (Å²) < 4.78 is 0. The fraction of sp³-hybridized carbons (Fsp3) is 0.522. The van der Waals surface area contributed by atoms with E-state index in [1.165, 1.54) is 0 Å². The molecular weight excluding hydrogens is 521 g/mol. The Balaban J connectivity index is 0.00000341. The van der Waals surface area contributed by atoms with E-state index in [4.69, 9.17) is 9.98 Å². The number of carbonyl (C=O) groups is 1. The number of benzene rings is 1. The summed E-state index contributed by atoms with van der Waals surface area (Å²) in [6.07, 6.45) is 2.48. The number of guanidine groups is 1. The number of hydrogen-bond acceptors (Lipinski definition) is 4. The summed E-state index contributed by atoms with van der Waals surface area (Å²) in [5, 5.41) is 10.0. The molecule has 8 heteroatoms. The third-order valence-electron chi connectivity index (χ3n) is 5.04. The Morgan fingerprint density at radius 2 is 1.97 bits per heavy atom. The number of aromatic nitrogens is 1. The molecule has 1 amide bonds. The Morgan fingerprint density at radius 3 is 2.55 bits per heavy atom. The van der Waals surface area contributed by atoms with Gasteiger partial charge in [-0.25, -0.2) is 9.98 Å². The van der Waals surface area contributed by atoms with Crippen molar-refractivity contribution >= 4 is 52.9 Å². The molecule has 0 radical (unpaired) electrons. The van der Waals surface area contributed by atoms with Crippen LogP contribution in [0.3, 0.4) is 0 Å². The summed E-state index contributed by atoms with van der Waals surface area (Å²) in [7, 11) is 0. The molecule has 0 atom stereocenters. The lowest BCUT2D eigenvalue weighted by Gasteiger charge is -2.16. The molecule has 1 aromatic heterocycles. The van der Waals surface area contributed by atoms with Crippen LogP contribution in [0.4, 0.5) is 5.69 Å². The molecular formula is C23H34IN5OS. The van der Waals surface area contributed by atoms with Gasteiger partial charge in [0.1, 0.15) is 0 Å². The highest BCUT2D eigenvalue weighted by Gasteiger charge is 2.21. The van der Waals surface area contributed by atoms with Gasteiger partial charge in [0.15, 0.2) is 5.96 Å². The molecule has 31 heavy (non-hydrogen) atoms. The first kappa shape index (κ1) is 25.6. The zero-order chi connectivity index (χ0) is 21.6. The minimum Gasteiger partial charge on any atom is -0.357 e.